The number of thiocarbonyl (C=S) groups is 1. The maximum atomic E-state index is 5.24. The molecule has 0 aromatic rings. The number of nitrogens with two attached hydrogens (primary N) is 2. The van der Waals surface area contributed by atoms with Crippen LogP contribution in [0.1, 0.15) is 13.3 Å². The van der Waals surface area contributed by atoms with Gasteiger partial charge in [-0.25, -0.2) is 5.53 Å². The molecule has 0 aromatic heterocycles. The van der Waals surface area contributed by atoms with Crippen LogP contribution in [-0.2, 0) is 0 Å². The number of amidine groups is 1. The molecule has 0 saturated carbocycles. The van der Waals surface area contributed by atoms with Gasteiger partial charge in [-0.2, -0.15) is 10.2 Å². The number of rotatable bonds is 5. The predicted molar refractivity (Wildman–Crippen MR) is 62.0 cm³/mol. The van der Waals surface area contributed by atoms with Gasteiger partial charge in [0.25, 0.3) is 0 Å². The van der Waals surface area contributed by atoms with Gasteiger partial charge in [-0.1, -0.05) is 0 Å². The minimum Gasteiger partial charge on any atom is -0.386 e. The zero-order valence-electron chi connectivity index (χ0n) is 7.77. The van der Waals surface area contributed by atoms with E-state index in [2.05, 4.69) is 38.5 Å². The standard InChI is InChI=1S/C6H13N7S/c1-5(7)11-9-3-2-4-10-13-12-6(8)14/h3-4,13H,2H2,1H3,(H2,7,11)(H3,8,12,14)/b9-3+,10-4+. The van der Waals surface area contributed by atoms with Crippen molar-refractivity contribution in [1.82, 2.24) is 11.0 Å². The molecule has 0 aromatic carbocycles. The van der Waals surface area contributed by atoms with Crippen molar-refractivity contribution in [2.45, 2.75) is 13.3 Å². The second kappa shape index (κ2) is 7.92. The molecule has 8 heteroatoms. The Bertz CT molecular complexity index is 253. The fraction of sp³-hybridized carbons (Fsp3) is 0.333. The third-order valence-corrected chi connectivity index (χ3v) is 0.945. The normalized spacial score (nSPS) is 12.2. The van der Waals surface area contributed by atoms with Crippen LogP contribution in [0, 0.1) is 0 Å². The fourth-order valence-corrected chi connectivity index (χ4v) is 0.458. The zero-order chi connectivity index (χ0) is 10.8. The Morgan fingerprint density at radius 3 is 2.71 bits per heavy atom. The van der Waals surface area contributed by atoms with Crippen LogP contribution in [0.4, 0.5) is 0 Å². The molecule has 0 atom stereocenters. The second-order valence-corrected chi connectivity index (χ2v) is 2.63. The lowest BCUT2D eigenvalue weighted by molar-refractivity contribution is 0.704. The molecule has 0 bridgehead atoms. The Balaban J connectivity index is 3.49. The summed E-state index contributed by atoms with van der Waals surface area (Å²) in [5, 5.41) is 11.1. The number of hydrogen-bond donors (Lipinski definition) is 4. The Kier molecular flexibility index (Phi) is 6.96. The summed E-state index contributed by atoms with van der Waals surface area (Å²) in [4.78, 5) is 0. The van der Waals surface area contributed by atoms with Crippen molar-refractivity contribution in [2.75, 3.05) is 0 Å². The lowest BCUT2D eigenvalue weighted by Crippen LogP contribution is -2.37. The molecule has 0 aliphatic rings. The summed E-state index contributed by atoms with van der Waals surface area (Å²) < 4.78 is 0. The van der Waals surface area contributed by atoms with Crippen molar-refractivity contribution in [3.05, 3.63) is 0 Å². The first kappa shape index (κ1) is 12.3. The van der Waals surface area contributed by atoms with E-state index < -0.39 is 0 Å². The van der Waals surface area contributed by atoms with Crippen molar-refractivity contribution in [3.63, 3.8) is 0 Å². The van der Waals surface area contributed by atoms with Gasteiger partial charge in [0.1, 0.15) is 5.84 Å². The van der Waals surface area contributed by atoms with Crippen LogP contribution in [0.15, 0.2) is 15.3 Å². The monoisotopic (exact) mass is 215 g/mol. The number of hydrogen-bond acceptors (Lipinski definition) is 5. The third-order valence-electron chi connectivity index (χ3n) is 0.843. The maximum absolute atomic E-state index is 5.24. The van der Waals surface area contributed by atoms with Crippen LogP contribution in [0.3, 0.4) is 0 Å². The van der Waals surface area contributed by atoms with E-state index in [4.69, 9.17) is 11.5 Å². The van der Waals surface area contributed by atoms with E-state index in [1.165, 1.54) is 0 Å². The molecule has 0 heterocycles. The molecule has 0 spiro atoms. The van der Waals surface area contributed by atoms with Crippen LogP contribution in [0.2, 0.25) is 0 Å². The number of hydrazone groups is 1. The fourth-order valence-electron chi connectivity index (χ4n) is 0.412. The van der Waals surface area contributed by atoms with E-state index in [1.54, 1.807) is 19.4 Å². The average Bonchev–Trinajstić information content (AvgIpc) is 2.08. The highest BCUT2D eigenvalue weighted by molar-refractivity contribution is 7.80. The molecule has 14 heavy (non-hydrogen) atoms. The van der Waals surface area contributed by atoms with Gasteiger partial charge in [0, 0.05) is 18.9 Å². The summed E-state index contributed by atoms with van der Waals surface area (Å²) in [5.74, 6) is 0.409. The molecule has 0 saturated heterocycles. The lowest BCUT2D eigenvalue weighted by atomic mass is 10.5. The van der Waals surface area contributed by atoms with Crippen molar-refractivity contribution in [1.29, 1.82) is 0 Å². The average molecular weight is 215 g/mol. The van der Waals surface area contributed by atoms with Gasteiger partial charge in [0.2, 0.25) is 0 Å². The summed E-state index contributed by atoms with van der Waals surface area (Å²) >= 11 is 4.52. The molecule has 78 valence electrons. The van der Waals surface area contributed by atoms with Crippen molar-refractivity contribution < 1.29 is 0 Å². The zero-order valence-corrected chi connectivity index (χ0v) is 8.58. The third kappa shape index (κ3) is 10.3. The number of nitrogens with zero attached hydrogens (tertiary/aromatic N) is 3. The first-order valence-corrected chi connectivity index (χ1v) is 4.17. The van der Waals surface area contributed by atoms with Gasteiger partial charge in [0.05, 0.1) is 0 Å². The van der Waals surface area contributed by atoms with Crippen LogP contribution < -0.4 is 22.4 Å². The van der Waals surface area contributed by atoms with Crippen LogP contribution >= 0.6 is 12.2 Å². The van der Waals surface area contributed by atoms with E-state index in [0.717, 1.165) is 0 Å². The molecule has 0 rings (SSSR count). The summed E-state index contributed by atoms with van der Waals surface area (Å²) in [5.41, 5.74) is 15.2. The molecule has 0 aliphatic carbocycles. The Morgan fingerprint density at radius 1 is 1.43 bits per heavy atom. The van der Waals surface area contributed by atoms with E-state index in [1.807, 2.05) is 0 Å². The van der Waals surface area contributed by atoms with Gasteiger partial charge in [-0.3, -0.25) is 5.43 Å². The van der Waals surface area contributed by atoms with Crippen molar-refractivity contribution >= 4 is 35.6 Å². The minimum absolute atomic E-state index is 0.124. The van der Waals surface area contributed by atoms with E-state index in [9.17, 15) is 0 Å². The highest BCUT2D eigenvalue weighted by Gasteiger charge is 1.78. The summed E-state index contributed by atoms with van der Waals surface area (Å²) in [6.45, 7) is 1.65. The summed E-state index contributed by atoms with van der Waals surface area (Å²) in [6, 6.07) is 0. The first-order valence-electron chi connectivity index (χ1n) is 3.76. The maximum Gasteiger partial charge on any atom is 0.183 e. The van der Waals surface area contributed by atoms with E-state index >= 15 is 0 Å². The Morgan fingerprint density at radius 2 is 2.14 bits per heavy atom. The highest BCUT2D eigenvalue weighted by Crippen LogP contribution is 1.72. The quantitative estimate of drug-likeness (QED) is 0.205. The Labute approximate surface area is 87.3 Å². The molecule has 0 unspecified atom stereocenters. The molecule has 0 radical (unpaired) electrons. The van der Waals surface area contributed by atoms with Gasteiger partial charge in [0.15, 0.2) is 5.11 Å². The van der Waals surface area contributed by atoms with Crippen LogP contribution in [-0.4, -0.2) is 23.4 Å². The largest absolute Gasteiger partial charge is 0.386 e. The van der Waals surface area contributed by atoms with Gasteiger partial charge in [-0.05, 0) is 19.1 Å². The predicted octanol–water partition coefficient (Wildman–Crippen LogP) is -0.937. The van der Waals surface area contributed by atoms with Gasteiger partial charge >= 0.3 is 0 Å². The first-order chi connectivity index (χ1) is 6.63. The van der Waals surface area contributed by atoms with Gasteiger partial charge < -0.3 is 11.5 Å². The molecule has 6 N–H and O–H groups in total. The highest BCUT2D eigenvalue weighted by atomic mass is 32.1. The number of nitrogens with one attached hydrogen (secondary N) is 2. The molecule has 0 aliphatic heterocycles. The van der Waals surface area contributed by atoms with Gasteiger partial charge in [-0.15, -0.1) is 5.10 Å². The molecule has 7 nitrogen and oxygen atoms in total. The lowest BCUT2D eigenvalue weighted by Gasteiger charge is -1.98. The summed E-state index contributed by atoms with van der Waals surface area (Å²) in [6.07, 6.45) is 3.65. The minimum atomic E-state index is 0.124. The van der Waals surface area contributed by atoms with Crippen molar-refractivity contribution in [2.24, 2.45) is 26.8 Å². The molecule has 0 amide bonds. The number of hydrazine groups is 1. The molecular formula is C6H13N7S. The SMILES string of the molecule is C/C(N)=N\N=C\C/C=N/NNC(N)=S. The molecule has 0 fully saturated rings. The smallest absolute Gasteiger partial charge is 0.183 e. The second-order valence-electron chi connectivity index (χ2n) is 2.19. The van der Waals surface area contributed by atoms with E-state index in [0.29, 0.717) is 12.3 Å². The summed E-state index contributed by atoms with van der Waals surface area (Å²) in [7, 11) is 0. The van der Waals surface area contributed by atoms with Crippen LogP contribution in [0.5, 0.6) is 0 Å². The topological polar surface area (TPSA) is 113 Å². The van der Waals surface area contributed by atoms with Crippen molar-refractivity contribution in [3.8, 4) is 0 Å². The Hall–Kier alpha value is -1.70. The van der Waals surface area contributed by atoms with Crippen LogP contribution in [0.25, 0.3) is 0 Å². The van der Waals surface area contributed by atoms with E-state index in [-0.39, 0.29) is 5.11 Å². The molecular weight excluding hydrogens is 202 g/mol.